The minimum Gasteiger partial charge on any atom is -0.485 e. The topological polar surface area (TPSA) is 62.4 Å². The van der Waals surface area contributed by atoms with Crippen LogP contribution in [0.25, 0.3) is 0 Å². The minimum absolute atomic E-state index is 0.0416. The molecule has 0 atom stereocenters. The molecule has 1 aromatic carbocycles. The monoisotopic (exact) mass is 424 g/mol. The Hall–Kier alpha value is -1.83. The van der Waals surface area contributed by atoms with E-state index in [-0.39, 0.29) is 18.3 Å². The number of nitrogens with zero attached hydrogens (tertiary/aromatic N) is 1. The highest BCUT2D eigenvalue weighted by Gasteiger charge is 2.21. The summed E-state index contributed by atoms with van der Waals surface area (Å²) in [6.07, 6.45) is 3.66. The van der Waals surface area contributed by atoms with Crippen molar-refractivity contribution in [3.63, 3.8) is 0 Å². The summed E-state index contributed by atoms with van der Waals surface area (Å²) in [6.45, 7) is 1.53. The fourth-order valence-corrected chi connectivity index (χ4v) is 2.89. The van der Waals surface area contributed by atoms with Gasteiger partial charge in [-0.05, 0) is 65.8 Å². The molecule has 23 heavy (non-hydrogen) atoms. The molecule has 0 bridgehead atoms. The second kappa shape index (κ2) is 7.16. The van der Waals surface area contributed by atoms with E-state index in [1.165, 1.54) is 0 Å². The number of amides is 1. The summed E-state index contributed by atoms with van der Waals surface area (Å²) >= 11 is 2.21. The van der Waals surface area contributed by atoms with Gasteiger partial charge in [0.2, 0.25) is 5.78 Å². The Morgan fingerprint density at radius 1 is 1.17 bits per heavy atom. The molecular weight excluding hydrogens is 407 g/mol. The van der Waals surface area contributed by atoms with Crippen molar-refractivity contribution in [1.29, 1.82) is 0 Å². The van der Waals surface area contributed by atoms with Crippen molar-refractivity contribution in [3.05, 3.63) is 51.4 Å². The lowest BCUT2D eigenvalue weighted by molar-refractivity contribution is 0.0787. The number of likely N-dealkylation sites (tertiary alicyclic amines) is 1. The first kappa shape index (κ1) is 16.0. The van der Waals surface area contributed by atoms with E-state index in [9.17, 15) is 9.59 Å². The highest BCUT2D eigenvalue weighted by molar-refractivity contribution is 14.1. The van der Waals surface area contributed by atoms with Crippen LogP contribution in [0.1, 0.15) is 33.7 Å². The molecule has 0 aliphatic carbocycles. The molecular formula is C17H17IN2O3. The van der Waals surface area contributed by atoms with Gasteiger partial charge in [0.1, 0.15) is 11.4 Å². The first-order chi connectivity index (χ1) is 11.1. The van der Waals surface area contributed by atoms with Crippen LogP contribution in [-0.4, -0.2) is 41.3 Å². The standard InChI is InChI=1S/C17H17IN2O3/c18-13-3-5-14(6-4-13)23-11-16(21)12-9-15(19-10-12)17(22)20-7-1-2-8-20/h3-6,9-10,19H,1-2,7-8,11H2. The number of hydrogen-bond acceptors (Lipinski definition) is 3. The van der Waals surface area contributed by atoms with E-state index in [1.807, 2.05) is 29.2 Å². The molecule has 1 aliphatic heterocycles. The zero-order chi connectivity index (χ0) is 16.2. The van der Waals surface area contributed by atoms with E-state index in [0.717, 1.165) is 29.5 Å². The van der Waals surface area contributed by atoms with Gasteiger partial charge in [-0.25, -0.2) is 0 Å². The second-order valence-corrected chi connectivity index (χ2v) is 6.71. The van der Waals surface area contributed by atoms with Gasteiger partial charge in [0.05, 0.1) is 0 Å². The Balaban J connectivity index is 1.59. The molecule has 3 rings (SSSR count). The molecule has 5 nitrogen and oxygen atoms in total. The Morgan fingerprint density at radius 3 is 2.57 bits per heavy atom. The number of carbonyl (C=O) groups is 2. The van der Waals surface area contributed by atoms with Gasteiger partial charge >= 0.3 is 0 Å². The average Bonchev–Trinajstić information content (AvgIpc) is 3.25. The zero-order valence-corrected chi connectivity index (χ0v) is 14.7. The van der Waals surface area contributed by atoms with Crippen molar-refractivity contribution in [2.45, 2.75) is 12.8 Å². The maximum absolute atomic E-state index is 12.2. The lowest BCUT2D eigenvalue weighted by atomic mass is 10.2. The molecule has 6 heteroatoms. The van der Waals surface area contributed by atoms with E-state index in [1.54, 1.807) is 12.3 Å². The summed E-state index contributed by atoms with van der Waals surface area (Å²) in [6, 6.07) is 9.11. The molecule has 1 aliphatic rings. The summed E-state index contributed by atoms with van der Waals surface area (Å²) in [7, 11) is 0. The lowest BCUT2D eigenvalue weighted by Crippen LogP contribution is -2.27. The Labute approximate surface area is 148 Å². The van der Waals surface area contributed by atoms with Crippen LogP contribution in [0.15, 0.2) is 36.5 Å². The van der Waals surface area contributed by atoms with Crippen molar-refractivity contribution >= 4 is 34.3 Å². The molecule has 2 heterocycles. The molecule has 1 fully saturated rings. The largest absolute Gasteiger partial charge is 0.485 e. The van der Waals surface area contributed by atoms with Gasteiger partial charge in [0, 0.05) is 28.4 Å². The number of carbonyl (C=O) groups excluding carboxylic acids is 2. The van der Waals surface area contributed by atoms with Crippen molar-refractivity contribution in [1.82, 2.24) is 9.88 Å². The van der Waals surface area contributed by atoms with Gasteiger partial charge in [-0.15, -0.1) is 0 Å². The van der Waals surface area contributed by atoms with Crippen molar-refractivity contribution < 1.29 is 14.3 Å². The van der Waals surface area contributed by atoms with Crippen molar-refractivity contribution in [2.24, 2.45) is 0 Å². The van der Waals surface area contributed by atoms with Crippen LogP contribution in [0.5, 0.6) is 5.75 Å². The third-order valence-corrected chi connectivity index (χ3v) is 4.53. The zero-order valence-electron chi connectivity index (χ0n) is 12.5. The number of halogens is 1. The van der Waals surface area contributed by atoms with Gasteiger partial charge in [-0.1, -0.05) is 0 Å². The van der Waals surface area contributed by atoms with Crippen LogP contribution < -0.4 is 4.74 Å². The number of hydrogen-bond donors (Lipinski definition) is 1. The van der Waals surface area contributed by atoms with Crippen LogP contribution >= 0.6 is 22.6 Å². The minimum atomic E-state index is -0.153. The van der Waals surface area contributed by atoms with Gasteiger partial charge in [-0.2, -0.15) is 0 Å². The molecule has 1 aromatic heterocycles. The van der Waals surface area contributed by atoms with Gasteiger partial charge in [0.15, 0.2) is 6.61 Å². The number of Topliss-reactive ketones (excluding diaryl/α,β-unsaturated/α-hetero) is 1. The van der Waals surface area contributed by atoms with E-state index in [0.29, 0.717) is 17.0 Å². The summed E-state index contributed by atoms with van der Waals surface area (Å²) in [5.41, 5.74) is 0.933. The maximum Gasteiger partial charge on any atom is 0.270 e. The average molecular weight is 424 g/mol. The molecule has 2 aromatic rings. The number of aromatic amines is 1. The molecule has 0 unspecified atom stereocenters. The van der Waals surface area contributed by atoms with Crippen LogP contribution in [0.4, 0.5) is 0 Å². The predicted octanol–water partition coefficient (Wildman–Crippen LogP) is 3.12. The Kier molecular flexibility index (Phi) is 5.00. The number of rotatable bonds is 5. The number of ether oxygens (including phenoxy) is 1. The normalized spacial score (nSPS) is 14.0. The number of nitrogens with one attached hydrogen (secondary N) is 1. The molecule has 0 saturated carbocycles. The van der Waals surface area contributed by atoms with Crippen LogP contribution in [0.3, 0.4) is 0 Å². The molecule has 0 spiro atoms. The fraction of sp³-hybridized carbons (Fsp3) is 0.294. The second-order valence-electron chi connectivity index (χ2n) is 5.47. The lowest BCUT2D eigenvalue weighted by Gasteiger charge is -2.13. The van der Waals surface area contributed by atoms with Crippen LogP contribution in [0.2, 0.25) is 0 Å². The molecule has 1 saturated heterocycles. The summed E-state index contributed by atoms with van der Waals surface area (Å²) in [4.78, 5) is 29.1. The summed E-state index contributed by atoms with van der Waals surface area (Å²) < 4.78 is 6.59. The molecule has 1 N–H and O–H groups in total. The SMILES string of the molecule is O=C(COc1ccc(I)cc1)c1c[nH]c(C(=O)N2CCCC2)c1. The summed E-state index contributed by atoms with van der Waals surface area (Å²) in [5, 5.41) is 0. The van der Waals surface area contributed by atoms with Crippen LogP contribution in [-0.2, 0) is 0 Å². The first-order valence-corrected chi connectivity index (χ1v) is 8.60. The maximum atomic E-state index is 12.2. The molecule has 120 valence electrons. The number of ketones is 1. The van der Waals surface area contributed by atoms with Gasteiger partial charge in [-0.3, -0.25) is 9.59 Å². The third kappa shape index (κ3) is 3.93. The van der Waals surface area contributed by atoms with Gasteiger partial charge in [0.25, 0.3) is 5.91 Å². The van der Waals surface area contributed by atoms with Gasteiger partial charge < -0.3 is 14.6 Å². The van der Waals surface area contributed by atoms with E-state index in [2.05, 4.69) is 27.6 Å². The van der Waals surface area contributed by atoms with E-state index in [4.69, 9.17) is 4.74 Å². The number of aromatic nitrogens is 1. The Morgan fingerprint density at radius 2 is 1.87 bits per heavy atom. The third-order valence-electron chi connectivity index (χ3n) is 3.81. The van der Waals surface area contributed by atoms with E-state index < -0.39 is 0 Å². The summed E-state index contributed by atoms with van der Waals surface area (Å²) in [5.74, 6) is 0.461. The van der Waals surface area contributed by atoms with Crippen molar-refractivity contribution in [3.8, 4) is 5.75 Å². The molecule has 1 amide bonds. The van der Waals surface area contributed by atoms with Crippen molar-refractivity contribution in [2.75, 3.05) is 19.7 Å². The highest BCUT2D eigenvalue weighted by Crippen LogP contribution is 2.15. The highest BCUT2D eigenvalue weighted by atomic mass is 127. The quantitative estimate of drug-likeness (QED) is 0.593. The number of H-pyrrole nitrogens is 1. The molecule has 0 radical (unpaired) electrons. The predicted molar refractivity (Wildman–Crippen MR) is 94.9 cm³/mol. The number of benzene rings is 1. The smallest absolute Gasteiger partial charge is 0.270 e. The first-order valence-electron chi connectivity index (χ1n) is 7.53. The van der Waals surface area contributed by atoms with E-state index >= 15 is 0 Å². The van der Waals surface area contributed by atoms with Crippen LogP contribution in [0, 0.1) is 3.57 Å². The fourth-order valence-electron chi connectivity index (χ4n) is 2.53. The Bertz CT molecular complexity index is 703.